The Bertz CT molecular complexity index is 195. The molecule has 0 rings (SSSR count). The second-order valence-corrected chi connectivity index (χ2v) is 4.78. The topological polar surface area (TPSA) is 88.0 Å². The monoisotopic (exact) mass is 249 g/mol. The Balaban J connectivity index is 3.99. The molecule has 2 atom stereocenters. The molecule has 0 aliphatic carbocycles. The fraction of sp³-hybridized carbons (Fsp3) is 1.00. The van der Waals surface area contributed by atoms with Crippen LogP contribution >= 0.6 is 0 Å². The summed E-state index contributed by atoms with van der Waals surface area (Å²) in [6.07, 6.45) is 0.340. The molecule has 6 nitrogen and oxygen atoms in total. The number of nitrogens with one attached hydrogen (secondary N) is 2. The molecule has 2 unspecified atom stereocenters. The van der Waals surface area contributed by atoms with Gasteiger partial charge in [0.25, 0.3) is 0 Å². The Morgan fingerprint density at radius 1 is 1.24 bits per heavy atom. The van der Waals surface area contributed by atoms with Gasteiger partial charge in [0.15, 0.2) is 0 Å². The first-order valence-electron chi connectivity index (χ1n) is 6.07. The van der Waals surface area contributed by atoms with E-state index in [1.54, 1.807) is 25.7 Å². The molecule has 0 bridgehead atoms. The summed E-state index contributed by atoms with van der Waals surface area (Å²) in [5.41, 5.74) is -0.991. The summed E-state index contributed by atoms with van der Waals surface area (Å²) in [5, 5.41) is 34.3. The summed E-state index contributed by atoms with van der Waals surface area (Å²) < 4.78 is 0. The molecule has 104 valence electrons. The predicted molar refractivity (Wildman–Crippen MR) is 66.7 cm³/mol. The molecular weight excluding hydrogens is 222 g/mol. The zero-order valence-corrected chi connectivity index (χ0v) is 11.3. The van der Waals surface area contributed by atoms with Crippen LogP contribution in [-0.4, -0.2) is 51.7 Å². The number of rotatable bonds is 9. The second kappa shape index (κ2) is 7.97. The molecule has 0 amide bonds. The highest BCUT2D eigenvalue weighted by Gasteiger charge is 2.16. The van der Waals surface area contributed by atoms with Crippen molar-refractivity contribution in [2.45, 2.75) is 58.7 Å². The van der Waals surface area contributed by atoms with Gasteiger partial charge >= 0.3 is 0 Å². The van der Waals surface area contributed by atoms with Gasteiger partial charge in [-0.2, -0.15) is 0 Å². The van der Waals surface area contributed by atoms with Gasteiger partial charge in [-0.25, -0.2) is 0 Å². The molecule has 0 heterocycles. The molecule has 0 aromatic heterocycles. The number of nitrogens with zero attached hydrogens (tertiary/aromatic N) is 1. The van der Waals surface area contributed by atoms with E-state index >= 15 is 0 Å². The third-order valence-corrected chi connectivity index (χ3v) is 2.34. The quantitative estimate of drug-likeness (QED) is 0.356. The van der Waals surface area contributed by atoms with Crippen molar-refractivity contribution in [3.63, 3.8) is 0 Å². The molecule has 0 aliphatic rings. The molecule has 17 heavy (non-hydrogen) atoms. The normalized spacial score (nSPS) is 16.2. The molecule has 0 saturated heterocycles. The van der Waals surface area contributed by atoms with Gasteiger partial charge in [-0.1, -0.05) is 13.3 Å². The molecule has 0 aromatic rings. The molecular formula is C11H27N3O3. The van der Waals surface area contributed by atoms with Crippen LogP contribution in [0.5, 0.6) is 0 Å². The lowest BCUT2D eigenvalue weighted by molar-refractivity contribution is -0.0357. The van der Waals surface area contributed by atoms with Gasteiger partial charge < -0.3 is 15.3 Å². The van der Waals surface area contributed by atoms with E-state index in [9.17, 15) is 15.3 Å². The van der Waals surface area contributed by atoms with E-state index in [1.807, 2.05) is 6.92 Å². The van der Waals surface area contributed by atoms with Crippen LogP contribution in [0.15, 0.2) is 0 Å². The third kappa shape index (κ3) is 9.46. The van der Waals surface area contributed by atoms with Crippen LogP contribution in [-0.2, 0) is 0 Å². The second-order valence-electron chi connectivity index (χ2n) is 4.78. The fourth-order valence-corrected chi connectivity index (χ4v) is 1.21. The highest BCUT2D eigenvalue weighted by molar-refractivity contribution is 4.64. The molecule has 0 spiro atoms. The minimum atomic E-state index is -0.991. The van der Waals surface area contributed by atoms with Gasteiger partial charge in [0.2, 0.25) is 0 Å². The largest absolute Gasteiger partial charge is 0.379 e. The van der Waals surface area contributed by atoms with Crippen LogP contribution in [0.3, 0.4) is 0 Å². The van der Waals surface area contributed by atoms with Crippen LogP contribution < -0.4 is 10.6 Å². The Morgan fingerprint density at radius 3 is 2.24 bits per heavy atom. The molecule has 5 N–H and O–H groups in total. The van der Waals surface area contributed by atoms with Gasteiger partial charge in [0.1, 0.15) is 18.2 Å². The van der Waals surface area contributed by atoms with Crippen molar-refractivity contribution in [1.82, 2.24) is 15.5 Å². The van der Waals surface area contributed by atoms with E-state index in [0.717, 1.165) is 6.42 Å². The van der Waals surface area contributed by atoms with Crippen molar-refractivity contribution in [2.75, 3.05) is 13.3 Å². The van der Waals surface area contributed by atoms with Gasteiger partial charge in [0, 0.05) is 0 Å². The Hall–Kier alpha value is -0.240. The first-order valence-corrected chi connectivity index (χ1v) is 6.07. The highest BCUT2D eigenvalue weighted by atomic mass is 16.3. The van der Waals surface area contributed by atoms with Crippen LogP contribution in [0.25, 0.3) is 0 Å². The molecule has 0 aromatic carbocycles. The first-order chi connectivity index (χ1) is 7.76. The van der Waals surface area contributed by atoms with Crippen molar-refractivity contribution in [3.8, 4) is 0 Å². The molecule has 0 radical (unpaired) electrons. The highest BCUT2D eigenvalue weighted by Crippen LogP contribution is 1.99. The zero-order chi connectivity index (χ0) is 13.5. The Kier molecular flexibility index (Phi) is 7.85. The number of aliphatic hydroxyl groups excluding tert-OH is 2. The van der Waals surface area contributed by atoms with Crippen molar-refractivity contribution in [2.24, 2.45) is 0 Å². The van der Waals surface area contributed by atoms with Crippen LogP contribution in [0.2, 0.25) is 0 Å². The van der Waals surface area contributed by atoms with E-state index in [0.29, 0.717) is 19.8 Å². The van der Waals surface area contributed by atoms with Crippen LogP contribution in [0.4, 0.5) is 0 Å². The van der Waals surface area contributed by atoms with E-state index in [4.69, 9.17) is 0 Å². The van der Waals surface area contributed by atoms with Gasteiger partial charge in [-0.3, -0.25) is 15.5 Å². The van der Waals surface area contributed by atoms with Gasteiger partial charge in [-0.05, 0) is 27.2 Å². The van der Waals surface area contributed by atoms with E-state index in [1.165, 1.54) is 0 Å². The minimum Gasteiger partial charge on any atom is -0.379 e. The number of hydrogen-bond acceptors (Lipinski definition) is 6. The predicted octanol–water partition coefficient (Wildman–Crippen LogP) is -0.432. The standard InChI is InChI=1S/C11H27N3O3/c1-5-6-10(16)12-7-14(9(2)15)8-13-11(3,4)17/h9-10,12-13,15-17H,5-8H2,1-4H3. The van der Waals surface area contributed by atoms with Gasteiger partial charge in [-0.15, -0.1) is 0 Å². The van der Waals surface area contributed by atoms with Crippen molar-refractivity contribution >= 4 is 0 Å². The lowest BCUT2D eigenvalue weighted by Gasteiger charge is -2.30. The Morgan fingerprint density at radius 2 is 1.82 bits per heavy atom. The summed E-state index contributed by atoms with van der Waals surface area (Å²) in [4.78, 5) is 1.66. The SMILES string of the molecule is CCCC(O)NCN(CNC(C)(C)O)C(C)O. The maximum absolute atomic E-state index is 9.53. The fourth-order valence-electron chi connectivity index (χ4n) is 1.21. The Labute approximate surface area is 104 Å². The number of aliphatic hydroxyl groups is 3. The lowest BCUT2D eigenvalue weighted by atomic mass is 10.3. The van der Waals surface area contributed by atoms with Crippen molar-refractivity contribution in [1.29, 1.82) is 0 Å². The molecule has 0 fully saturated rings. The summed E-state index contributed by atoms with van der Waals surface area (Å²) in [7, 11) is 0. The van der Waals surface area contributed by atoms with E-state index in [2.05, 4.69) is 10.6 Å². The average molecular weight is 249 g/mol. The van der Waals surface area contributed by atoms with Gasteiger partial charge in [0.05, 0.1) is 13.3 Å². The maximum Gasteiger partial charge on any atom is 0.111 e. The maximum atomic E-state index is 9.53. The summed E-state index contributed by atoms with van der Waals surface area (Å²) in [6, 6.07) is 0. The minimum absolute atomic E-state index is 0.326. The summed E-state index contributed by atoms with van der Waals surface area (Å²) in [6.45, 7) is 7.57. The molecule has 0 saturated carbocycles. The van der Waals surface area contributed by atoms with Crippen LogP contribution in [0.1, 0.15) is 40.5 Å². The molecule has 0 aliphatic heterocycles. The van der Waals surface area contributed by atoms with E-state index < -0.39 is 18.2 Å². The molecule has 6 heteroatoms. The summed E-state index contributed by atoms with van der Waals surface area (Å²) in [5.74, 6) is 0. The lowest BCUT2D eigenvalue weighted by Crippen LogP contribution is -2.52. The first kappa shape index (κ1) is 16.8. The third-order valence-electron chi connectivity index (χ3n) is 2.34. The van der Waals surface area contributed by atoms with Crippen molar-refractivity contribution in [3.05, 3.63) is 0 Å². The van der Waals surface area contributed by atoms with Crippen molar-refractivity contribution < 1.29 is 15.3 Å². The smallest absolute Gasteiger partial charge is 0.111 e. The average Bonchev–Trinajstić information content (AvgIpc) is 2.15. The van der Waals surface area contributed by atoms with Crippen LogP contribution in [0, 0.1) is 0 Å². The number of hydrogen-bond donors (Lipinski definition) is 5. The summed E-state index contributed by atoms with van der Waals surface area (Å²) >= 11 is 0. The van der Waals surface area contributed by atoms with E-state index in [-0.39, 0.29) is 0 Å². The zero-order valence-electron chi connectivity index (χ0n) is 11.3.